The number of nitrogens with one attached hydrogen (secondary N) is 2. The average Bonchev–Trinajstić information content (AvgIpc) is 2.78. The van der Waals surface area contributed by atoms with E-state index in [0.29, 0.717) is 0 Å². The SMILES string of the molecule is CNCc1cccc(C=C(CNC(=O)OC(C)(C)C)B2OC(C)(C)C(C)(C)O2)c1. The Kier molecular flexibility index (Phi) is 7.20. The summed E-state index contributed by atoms with van der Waals surface area (Å²) in [7, 11) is 1.37. The molecule has 2 rings (SSSR count). The third kappa shape index (κ3) is 6.59. The van der Waals surface area contributed by atoms with Crippen LogP contribution in [0.15, 0.2) is 29.7 Å². The van der Waals surface area contributed by atoms with E-state index in [2.05, 4.69) is 22.8 Å². The maximum absolute atomic E-state index is 12.2. The van der Waals surface area contributed by atoms with Gasteiger partial charge in [0.25, 0.3) is 0 Å². The van der Waals surface area contributed by atoms with Crippen molar-refractivity contribution in [2.24, 2.45) is 0 Å². The third-order valence-electron chi connectivity index (χ3n) is 5.08. The van der Waals surface area contributed by atoms with Crippen LogP contribution in [0.1, 0.15) is 59.6 Å². The largest absolute Gasteiger partial charge is 0.492 e. The van der Waals surface area contributed by atoms with Gasteiger partial charge in [-0.25, -0.2) is 4.79 Å². The van der Waals surface area contributed by atoms with Gasteiger partial charge in [0.15, 0.2) is 0 Å². The zero-order valence-corrected chi connectivity index (χ0v) is 19.0. The van der Waals surface area contributed by atoms with Crippen molar-refractivity contribution in [2.75, 3.05) is 13.6 Å². The fourth-order valence-corrected chi connectivity index (χ4v) is 2.90. The van der Waals surface area contributed by atoms with E-state index in [9.17, 15) is 4.79 Å². The average molecular weight is 402 g/mol. The van der Waals surface area contributed by atoms with E-state index in [1.165, 1.54) is 5.56 Å². The Morgan fingerprint density at radius 2 is 1.79 bits per heavy atom. The van der Waals surface area contributed by atoms with E-state index >= 15 is 0 Å². The Morgan fingerprint density at radius 1 is 1.17 bits per heavy atom. The van der Waals surface area contributed by atoms with Crippen LogP contribution in [0.4, 0.5) is 4.79 Å². The molecule has 0 aromatic heterocycles. The summed E-state index contributed by atoms with van der Waals surface area (Å²) < 4.78 is 17.8. The summed E-state index contributed by atoms with van der Waals surface area (Å²) in [5, 5.41) is 5.99. The standard InChI is InChI=1S/C22H35BN2O4/c1-20(2,3)27-19(26)25-15-18(23-28-21(4,5)22(6,7)29-23)13-16-10-9-11-17(12-16)14-24-8/h9-13,24H,14-15H2,1-8H3,(H,25,26). The summed E-state index contributed by atoms with van der Waals surface area (Å²) >= 11 is 0. The van der Waals surface area contributed by atoms with Gasteiger partial charge >= 0.3 is 13.2 Å². The molecule has 160 valence electrons. The van der Waals surface area contributed by atoms with Gasteiger partial charge in [0.2, 0.25) is 0 Å². The van der Waals surface area contributed by atoms with Crippen molar-refractivity contribution in [3.05, 3.63) is 40.9 Å². The van der Waals surface area contributed by atoms with Crippen LogP contribution in [0.25, 0.3) is 6.08 Å². The van der Waals surface area contributed by atoms with Gasteiger partial charge in [-0.15, -0.1) is 0 Å². The molecule has 1 aliphatic heterocycles. The Labute approximate surface area is 175 Å². The summed E-state index contributed by atoms with van der Waals surface area (Å²) in [6, 6.07) is 8.22. The van der Waals surface area contributed by atoms with Gasteiger partial charge < -0.3 is 24.7 Å². The Morgan fingerprint density at radius 3 is 2.34 bits per heavy atom. The molecule has 0 unspecified atom stereocenters. The highest BCUT2D eigenvalue weighted by Crippen LogP contribution is 2.38. The molecule has 1 heterocycles. The number of carbonyl (C=O) groups is 1. The third-order valence-corrected chi connectivity index (χ3v) is 5.08. The predicted octanol–water partition coefficient (Wildman–Crippen LogP) is 3.95. The molecule has 0 atom stereocenters. The first-order valence-electron chi connectivity index (χ1n) is 10.1. The fraction of sp³-hybridized carbons (Fsp3) is 0.591. The van der Waals surface area contributed by atoms with E-state index in [1.807, 2.05) is 73.7 Å². The van der Waals surface area contributed by atoms with Gasteiger partial charge in [-0.3, -0.25) is 0 Å². The van der Waals surface area contributed by atoms with Crippen molar-refractivity contribution in [1.29, 1.82) is 0 Å². The summed E-state index contributed by atoms with van der Waals surface area (Å²) in [6.07, 6.45) is 1.54. The van der Waals surface area contributed by atoms with Crippen molar-refractivity contribution in [3.63, 3.8) is 0 Å². The molecule has 1 aliphatic rings. The van der Waals surface area contributed by atoms with E-state index in [0.717, 1.165) is 17.6 Å². The van der Waals surface area contributed by atoms with Crippen molar-refractivity contribution in [3.8, 4) is 0 Å². The van der Waals surface area contributed by atoms with E-state index in [1.54, 1.807) is 0 Å². The molecule has 1 saturated heterocycles. The predicted molar refractivity (Wildman–Crippen MR) is 118 cm³/mol. The van der Waals surface area contributed by atoms with Crippen LogP contribution >= 0.6 is 0 Å². The Bertz CT molecular complexity index is 737. The maximum Gasteiger partial charge on any atom is 0.492 e. The molecule has 1 aromatic rings. The highest BCUT2D eigenvalue weighted by molar-refractivity contribution is 6.56. The lowest BCUT2D eigenvalue weighted by Crippen LogP contribution is -2.41. The molecule has 7 heteroatoms. The van der Waals surface area contributed by atoms with Crippen LogP contribution in [0.5, 0.6) is 0 Å². The minimum absolute atomic E-state index is 0.266. The molecular weight excluding hydrogens is 367 g/mol. The maximum atomic E-state index is 12.2. The van der Waals surface area contributed by atoms with Gasteiger partial charge in [-0.2, -0.15) is 0 Å². The summed E-state index contributed by atoms with van der Waals surface area (Å²) in [4.78, 5) is 12.2. The van der Waals surface area contributed by atoms with Gasteiger partial charge in [-0.05, 0) is 72.1 Å². The zero-order chi connectivity index (χ0) is 21.9. The lowest BCUT2D eigenvalue weighted by Gasteiger charge is -2.32. The number of amides is 1. The summed E-state index contributed by atoms with van der Waals surface area (Å²) in [5.41, 5.74) is 1.55. The topological polar surface area (TPSA) is 68.8 Å². The molecule has 1 fully saturated rings. The number of ether oxygens (including phenoxy) is 1. The van der Waals surface area contributed by atoms with Gasteiger partial charge in [0.1, 0.15) is 5.60 Å². The van der Waals surface area contributed by atoms with Crippen molar-refractivity contribution in [1.82, 2.24) is 10.6 Å². The minimum Gasteiger partial charge on any atom is -0.444 e. The first-order valence-corrected chi connectivity index (χ1v) is 10.1. The number of hydrogen-bond donors (Lipinski definition) is 2. The Hall–Kier alpha value is -1.83. The van der Waals surface area contributed by atoms with Crippen LogP contribution in [0, 0.1) is 0 Å². The molecule has 0 spiro atoms. The number of carbonyl (C=O) groups excluding carboxylic acids is 1. The quantitative estimate of drug-likeness (QED) is 0.706. The second-order valence-corrected chi connectivity index (χ2v) is 9.44. The molecule has 1 aromatic carbocycles. The molecule has 2 N–H and O–H groups in total. The number of benzene rings is 1. The number of alkyl carbamates (subject to hydrolysis) is 1. The molecular formula is C22H35BN2O4. The fourth-order valence-electron chi connectivity index (χ4n) is 2.90. The van der Waals surface area contributed by atoms with Gasteiger partial charge in [-0.1, -0.05) is 30.3 Å². The molecule has 0 radical (unpaired) electrons. The molecule has 0 aliphatic carbocycles. The van der Waals surface area contributed by atoms with Crippen LogP contribution in [0.3, 0.4) is 0 Å². The molecule has 29 heavy (non-hydrogen) atoms. The molecule has 6 nitrogen and oxygen atoms in total. The van der Waals surface area contributed by atoms with Crippen LogP contribution < -0.4 is 10.6 Å². The van der Waals surface area contributed by atoms with E-state index in [-0.39, 0.29) is 6.54 Å². The molecule has 0 bridgehead atoms. The normalized spacial score (nSPS) is 18.6. The van der Waals surface area contributed by atoms with E-state index < -0.39 is 30.0 Å². The second-order valence-electron chi connectivity index (χ2n) is 9.44. The van der Waals surface area contributed by atoms with Gasteiger partial charge in [0.05, 0.1) is 11.2 Å². The minimum atomic E-state index is -0.556. The first kappa shape index (κ1) is 23.5. The first-order chi connectivity index (χ1) is 13.3. The molecule has 0 saturated carbocycles. The highest BCUT2D eigenvalue weighted by atomic mass is 16.7. The Balaban J connectivity index is 2.26. The lowest BCUT2D eigenvalue weighted by atomic mass is 9.77. The molecule has 1 amide bonds. The summed E-state index contributed by atoms with van der Waals surface area (Å²) in [6.45, 7) is 14.6. The second kappa shape index (κ2) is 8.90. The number of hydrogen-bond acceptors (Lipinski definition) is 5. The van der Waals surface area contributed by atoms with Crippen LogP contribution in [-0.2, 0) is 20.6 Å². The summed E-state index contributed by atoms with van der Waals surface area (Å²) in [5.74, 6) is 0. The van der Waals surface area contributed by atoms with E-state index in [4.69, 9.17) is 14.0 Å². The van der Waals surface area contributed by atoms with Crippen LogP contribution in [0.2, 0.25) is 0 Å². The van der Waals surface area contributed by atoms with Crippen molar-refractivity contribution >= 4 is 19.3 Å². The number of rotatable bonds is 6. The van der Waals surface area contributed by atoms with Crippen molar-refractivity contribution < 1.29 is 18.8 Å². The van der Waals surface area contributed by atoms with Crippen molar-refractivity contribution in [2.45, 2.75) is 71.8 Å². The van der Waals surface area contributed by atoms with Gasteiger partial charge in [0, 0.05) is 13.1 Å². The zero-order valence-electron chi connectivity index (χ0n) is 19.0. The highest BCUT2D eigenvalue weighted by Gasteiger charge is 2.52. The van der Waals surface area contributed by atoms with Crippen LogP contribution in [-0.4, -0.2) is 43.6 Å². The monoisotopic (exact) mass is 402 g/mol. The lowest BCUT2D eigenvalue weighted by molar-refractivity contribution is 0.00578. The smallest absolute Gasteiger partial charge is 0.444 e.